The SMILES string of the molecule is CCCn1ncnc1COc1ccc([N+](=O)[O-])cc1CBr. The first-order chi connectivity index (χ1) is 10.2. The maximum absolute atomic E-state index is 10.8. The van der Waals surface area contributed by atoms with Gasteiger partial charge >= 0.3 is 0 Å². The van der Waals surface area contributed by atoms with Crippen molar-refractivity contribution in [3.8, 4) is 5.75 Å². The summed E-state index contributed by atoms with van der Waals surface area (Å²) in [5.41, 5.74) is 0.775. The van der Waals surface area contributed by atoms with E-state index in [9.17, 15) is 10.1 Å². The van der Waals surface area contributed by atoms with Crippen LogP contribution in [0.25, 0.3) is 0 Å². The minimum Gasteiger partial charge on any atom is -0.485 e. The summed E-state index contributed by atoms with van der Waals surface area (Å²) in [5.74, 6) is 1.33. The molecule has 7 nitrogen and oxygen atoms in total. The van der Waals surface area contributed by atoms with Crippen LogP contribution in [0.3, 0.4) is 0 Å². The minimum atomic E-state index is -0.423. The van der Waals surface area contributed by atoms with E-state index in [-0.39, 0.29) is 12.3 Å². The van der Waals surface area contributed by atoms with Gasteiger partial charge in [-0.1, -0.05) is 22.9 Å². The van der Waals surface area contributed by atoms with Gasteiger partial charge in [0.15, 0.2) is 5.82 Å². The van der Waals surface area contributed by atoms with E-state index in [4.69, 9.17) is 4.74 Å². The third-order valence-corrected chi connectivity index (χ3v) is 3.49. The van der Waals surface area contributed by atoms with Crippen molar-refractivity contribution in [3.05, 3.63) is 46.0 Å². The van der Waals surface area contributed by atoms with Crippen LogP contribution in [0.1, 0.15) is 24.7 Å². The summed E-state index contributed by atoms with van der Waals surface area (Å²) in [7, 11) is 0. The lowest BCUT2D eigenvalue weighted by atomic mass is 10.2. The molecule has 2 aromatic rings. The summed E-state index contributed by atoms with van der Waals surface area (Å²) in [5, 5.41) is 15.4. The molecule has 0 unspecified atom stereocenters. The summed E-state index contributed by atoms with van der Waals surface area (Å²) in [6.07, 6.45) is 2.45. The number of rotatable bonds is 7. The Labute approximate surface area is 130 Å². The molecule has 0 bridgehead atoms. The lowest BCUT2D eigenvalue weighted by Crippen LogP contribution is -2.09. The third kappa shape index (κ3) is 3.78. The predicted molar refractivity (Wildman–Crippen MR) is 80.4 cm³/mol. The van der Waals surface area contributed by atoms with Gasteiger partial charge in [-0.15, -0.1) is 0 Å². The van der Waals surface area contributed by atoms with Gasteiger partial charge < -0.3 is 4.74 Å². The van der Waals surface area contributed by atoms with Crippen LogP contribution in [0.4, 0.5) is 5.69 Å². The highest BCUT2D eigenvalue weighted by atomic mass is 79.9. The van der Waals surface area contributed by atoms with Crippen LogP contribution in [0, 0.1) is 10.1 Å². The van der Waals surface area contributed by atoms with Crippen molar-refractivity contribution in [1.82, 2.24) is 14.8 Å². The van der Waals surface area contributed by atoms with Crippen molar-refractivity contribution in [2.24, 2.45) is 0 Å². The van der Waals surface area contributed by atoms with Crippen molar-refractivity contribution in [3.63, 3.8) is 0 Å². The maximum atomic E-state index is 10.8. The average Bonchev–Trinajstić information content (AvgIpc) is 2.92. The first kappa shape index (κ1) is 15.4. The molecule has 0 atom stereocenters. The molecule has 8 heteroatoms. The molecule has 1 aromatic heterocycles. The summed E-state index contributed by atoms with van der Waals surface area (Å²) in [6.45, 7) is 3.12. The second-order valence-electron chi connectivity index (χ2n) is 4.37. The second-order valence-corrected chi connectivity index (χ2v) is 4.93. The van der Waals surface area contributed by atoms with Crippen LogP contribution in [-0.2, 0) is 18.5 Å². The molecular weight excluding hydrogens is 340 g/mol. The van der Waals surface area contributed by atoms with Gasteiger partial charge in [0.1, 0.15) is 18.7 Å². The number of hydrogen-bond donors (Lipinski definition) is 0. The number of aryl methyl sites for hydroxylation is 1. The molecule has 112 valence electrons. The lowest BCUT2D eigenvalue weighted by molar-refractivity contribution is -0.384. The van der Waals surface area contributed by atoms with E-state index < -0.39 is 4.92 Å². The molecule has 0 saturated carbocycles. The number of alkyl halides is 1. The Morgan fingerprint density at radius 2 is 2.29 bits per heavy atom. The van der Waals surface area contributed by atoms with Crippen molar-refractivity contribution < 1.29 is 9.66 Å². The number of aromatic nitrogens is 3. The van der Waals surface area contributed by atoms with E-state index in [2.05, 4.69) is 32.9 Å². The molecule has 0 amide bonds. The maximum Gasteiger partial charge on any atom is 0.270 e. The predicted octanol–water partition coefficient (Wildman–Crippen LogP) is 3.07. The van der Waals surface area contributed by atoms with Gasteiger partial charge in [-0.3, -0.25) is 10.1 Å². The normalized spacial score (nSPS) is 10.6. The van der Waals surface area contributed by atoms with E-state index in [1.165, 1.54) is 18.5 Å². The summed E-state index contributed by atoms with van der Waals surface area (Å²) < 4.78 is 7.51. The Morgan fingerprint density at radius 3 is 2.95 bits per heavy atom. The zero-order chi connectivity index (χ0) is 15.2. The first-order valence-electron chi connectivity index (χ1n) is 6.48. The highest BCUT2D eigenvalue weighted by Gasteiger charge is 2.12. The van der Waals surface area contributed by atoms with Crippen LogP contribution in [-0.4, -0.2) is 19.7 Å². The highest BCUT2D eigenvalue weighted by Crippen LogP contribution is 2.26. The topological polar surface area (TPSA) is 83.1 Å². The molecule has 0 fully saturated rings. The Kier molecular flexibility index (Phi) is 5.26. The Morgan fingerprint density at radius 1 is 1.48 bits per heavy atom. The molecule has 0 spiro atoms. The Hall–Kier alpha value is -1.96. The smallest absolute Gasteiger partial charge is 0.270 e. The first-order valence-corrected chi connectivity index (χ1v) is 7.60. The number of nitro groups is 1. The van der Waals surface area contributed by atoms with Crippen molar-refractivity contribution in [2.45, 2.75) is 31.8 Å². The lowest BCUT2D eigenvalue weighted by Gasteiger charge is -2.10. The molecule has 1 aromatic carbocycles. The molecule has 21 heavy (non-hydrogen) atoms. The van der Waals surface area contributed by atoms with E-state index in [0.29, 0.717) is 11.1 Å². The molecule has 0 saturated heterocycles. The standard InChI is InChI=1S/C13H15BrN4O3/c1-2-5-17-13(15-9-16-17)8-21-12-4-3-11(18(19)20)6-10(12)7-14/h3-4,6,9H,2,5,7-8H2,1H3. The second kappa shape index (κ2) is 7.16. The zero-order valence-corrected chi connectivity index (χ0v) is 13.1. The van der Waals surface area contributed by atoms with Crippen LogP contribution in [0.2, 0.25) is 0 Å². The van der Waals surface area contributed by atoms with Gasteiger partial charge in [-0.05, 0) is 12.5 Å². The summed E-state index contributed by atoms with van der Waals surface area (Å²) in [6, 6.07) is 4.54. The zero-order valence-electron chi connectivity index (χ0n) is 11.5. The number of nitrogens with zero attached hydrogens (tertiary/aromatic N) is 4. The molecule has 0 aliphatic heterocycles. The van der Waals surface area contributed by atoms with Crippen molar-refractivity contribution >= 4 is 21.6 Å². The minimum absolute atomic E-state index is 0.0472. The van der Waals surface area contributed by atoms with Crippen LogP contribution in [0.15, 0.2) is 24.5 Å². The fourth-order valence-corrected chi connectivity index (χ4v) is 2.30. The number of non-ortho nitro benzene ring substituents is 1. The number of nitro benzene ring substituents is 1. The summed E-state index contributed by atoms with van der Waals surface area (Å²) >= 11 is 3.31. The number of benzene rings is 1. The van der Waals surface area contributed by atoms with Gasteiger partial charge in [0.05, 0.1) is 4.92 Å². The largest absolute Gasteiger partial charge is 0.485 e. The highest BCUT2D eigenvalue weighted by molar-refractivity contribution is 9.08. The van der Waals surface area contributed by atoms with Crippen molar-refractivity contribution in [1.29, 1.82) is 0 Å². The van der Waals surface area contributed by atoms with Gasteiger partial charge in [-0.2, -0.15) is 5.10 Å². The monoisotopic (exact) mass is 354 g/mol. The molecular formula is C13H15BrN4O3. The molecule has 0 aliphatic rings. The van der Waals surface area contributed by atoms with E-state index >= 15 is 0 Å². The van der Waals surface area contributed by atoms with E-state index in [0.717, 1.165) is 24.4 Å². The molecule has 1 heterocycles. The number of hydrogen-bond acceptors (Lipinski definition) is 5. The van der Waals surface area contributed by atoms with E-state index in [1.807, 2.05) is 0 Å². The number of halogens is 1. The van der Waals surface area contributed by atoms with Gasteiger partial charge in [-0.25, -0.2) is 9.67 Å². The van der Waals surface area contributed by atoms with Crippen LogP contribution in [0.5, 0.6) is 5.75 Å². The Balaban J connectivity index is 2.12. The fraction of sp³-hybridized carbons (Fsp3) is 0.385. The van der Waals surface area contributed by atoms with Crippen LogP contribution < -0.4 is 4.74 Å². The Bertz CT molecular complexity index is 630. The number of ether oxygens (including phenoxy) is 1. The quantitative estimate of drug-likeness (QED) is 0.433. The molecule has 2 rings (SSSR count). The fourth-order valence-electron chi connectivity index (χ4n) is 1.87. The van der Waals surface area contributed by atoms with Crippen LogP contribution >= 0.6 is 15.9 Å². The van der Waals surface area contributed by atoms with Gasteiger partial charge in [0.25, 0.3) is 5.69 Å². The average molecular weight is 355 g/mol. The summed E-state index contributed by atoms with van der Waals surface area (Å²) in [4.78, 5) is 14.5. The van der Waals surface area contributed by atoms with Gasteiger partial charge in [0.2, 0.25) is 0 Å². The van der Waals surface area contributed by atoms with E-state index in [1.54, 1.807) is 10.7 Å². The van der Waals surface area contributed by atoms with Crippen molar-refractivity contribution in [2.75, 3.05) is 0 Å². The molecule has 0 aliphatic carbocycles. The molecule has 0 N–H and O–H groups in total. The third-order valence-electron chi connectivity index (χ3n) is 2.89. The van der Waals surface area contributed by atoms with Gasteiger partial charge in [0, 0.05) is 29.6 Å². The molecule has 0 radical (unpaired) electrons.